The number of β-amino-alcohol motifs (C(OH)–C–C–N with tert-alkyl or cyclic N) is 2. The number of nitrogens with zero attached hydrogens (tertiary/aromatic N) is 1. The Morgan fingerprint density at radius 1 is 1.53 bits per heavy atom. The lowest BCUT2D eigenvalue weighted by molar-refractivity contribution is -0.129. The van der Waals surface area contributed by atoms with Gasteiger partial charge in [-0.05, 0) is 11.8 Å². The number of hydrogen-bond acceptors (Lipinski definition) is 3. The van der Waals surface area contributed by atoms with Crippen molar-refractivity contribution in [3.05, 3.63) is 0 Å². The van der Waals surface area contributed by atoms with E-state index >= 15 is 0 Å². The molecule has 1 amide bonds. The molecular formula is C11H21NO3. The summed E-state index contributed by atoms with van der Waals surface area (Å²) in [6.07, 6.45) is -0.201. The topological polar surface area (TPSA) is 60.8 Å². The van der Waals surface area contributed by atoms with Gasteiger partial charge in [0.25, 0.3) is 0 Å². The fraction of sp³-hybridized carbons (Fsp3) is 0.909. The molecule has 0 bridgehead atoms. The minimum atomic E-state index is -0.556. The smallest absolute Gasteiger partial charge is 0.225 e. The molecule has 0 aromatic carbocycles. The molecule has 1 aliphatic rings. The van der Waals surface area contributed by atoms with Gasteiger partial charge in [0.15, 0.2) is 0 Å². The summed E-state index contributed by atoms with van der Waals surface area (Å²) in [7, 11) is 0. The Morgan fingerprint density at radius 2 is 2.13 bits per heavy atom. The molecular weight excluding hydrogens is 194 g/mol. The van der Waals surface area contributed by atoms with E-state index in [1.165, 1.54) is 0 Å². The Bertz CT molecular complexity index is 234. The number of carbonyl (C=O) groups is 1. The van der Waals surface area contributed by atoms with Crippen molar-refractivity contribution in [2.24, 2.45) is 5.41 Å². The highest BCUT2D eigenvalue weighted by Crippen LogP contribution is 2.22. The third-order valence-corrected chi connectivity index (χ3v) is 2.47. The van der Waals surface area contributed by atoms with Gasteiger partial charge in [0.05, 0.1) is 18.6 Å². The van der Waals surface area contributed by atoms with Crippen LogP contribution in [0, 0.1) is 5.41 Å². The second-order valence-electron chi connectivity index (χ2n) is 5.58. The van der Waals surface area contributed by atoms with E-state index in [4.69, 9.17) is 0 Å². The van der Waals surface area contributed by atoms with E-state index in [0.29, 0.717) is 19.5 Å². The number of likely N-dealkylation sites (tertiary alicyclic amines) is 1. The average Bonchev–Trinajstić information content (AvgIpc) is 2.25. The maximum atomic E-state index is 11.3. The molecule has 1 rings (SSSR count). The van der Waals surface area contributed by atoms with Crippen molar-refractivity contribution in [1.82, 2.24) is 4.90 Å². The van der Waals surface area contributed by atoms with Crippen molar-refractivity contribution in [2.45, 2.75) is 45.8 Å². The van der Waals surface area contributed by atoms with E-state index in [1.807, 2.05) is 0 Å². The first kappa shape index (κ1) is 12.5. The van der Waals surface area contributed by atoms with Crippen LogP contribution in [-0.2, 0) is 4.79 Å². The molecule has 15 heavy (non-hydrogen) atoms. The first-order chi connectivity index (χ1) is 6.78. The van der Waals surface area contributed by atoms with E-state index in [-0.39, 0.29) is 17.7 Å². The second-order valence-corrected chi connectivity index (χ2v) is 5.58. The van der Waals surface area contributed by atoms with E-state index in [1.54, 1.807) is 4.90 Å². The normalized spacial score (nSPS) is 24.7. The maximum absolute atomic E-state index is 11.3. The summed E-state index contributed by atoms with van der Waals surface area (Å²) in [5.74, 6) is -0.0598. The van der Waals surface area contributed by atoms with Crippen molar-refractivity contribution in [3.8, 4) is 0 Å². The second kappa shape index (κ2) is 4.49. The third kappa shape index (κ3) is 4.18. The van der Waals surface area contributed by atoms with Crippen molar-refractivity contribution in [2.75, 3.05) is 13.1 Å². The molecule has 4 heteroatoms. The SMILES string of the molecule is CC(C)(C)CC(O)CN1CC(O)CC1=O. The molecule has 1 fully saturated rings. The number of carbonyl (C=O) groups excluding carboxylic acids is 1. The Balaban J connectivity index is 2.38. The minimum absolute atomic E-state index is 0.0564. The summed E-state index contributed by atoms with van der Waals surface area (Å²) < 4.78 is 0. The van der Waals surface area contributed by atoms with Crippen LogP contribution < -0.4 is 0 Å². The number of amides is 1. The zero-order chi connectivity index (χ0) is 11.6. The Morgan fingerprint density at radius 3 is 2.53 bits per heavy atom. The largest absolute Gasteiger partial charge is 0.391 e. The molecule has 0 aliphatic carbocycles. The predicted octanol–water partition coefficient (Wildman–Crippen LogP) is 0.377. The molecule has 88 valence electrons. The predicted molar refractivity (Wildman–Crippen MR) is 57.3 cm³/mol. The number of aliphatic hydroxyl groups is 2. The fourth-order valence-corrected chi connectivity index (χ4v) is 1.95. The quantitative estimate of drug-likeness (QED) is 0.715. The van der Waals surface area contributed by atoms with E-state index in [0.717, 1.165) is 0 Å². The lowest BCUT2D eigenvalue weighted by atomic mass is 9.89. The highest BCUT2D eigenvalue weighted by molar-refractivity contribution is 5.79. The molecule has 1 heterocycles. The van der Waals surface area contributed by atoms with Gasteiger partial charge in [-0.15, -0.1) is 0 Å². The molecule has 0 aromatic rings. The van der Waals surface area contributed by atoms with Crippen LogP contribution in [0.3, 0.4) is 0 Å². The zero-order valence-corrected chi connectivity index (χ0v) is 9.73. The number of rotatable bonds is 3. The Kier molecular flexibility index (Phi) is 3.73. The van der Waals surface area contributed by atoms with Crippen LogP contribution in [0.15, 0.2) is 0 Å². The number of aliphatic hydroxyl groups excluding tert-OH is 2. The molecule has 0 aromatic heterocycles. The van der Waals surface area contributed by atoms with Crippen LogP contribution in [0.2, 0.25) is 0 Å². The van der Waals surface area contributed by atoms with Crippen LogP contribution in [0.4, 0.5) is 0 Å². The van der Waals surface area contributed by atoms with Crippen LogP contribution in [0.5, 0.6) is 0 Å². The molecule has 2 atom stereocenters. The Hall–Kier alpha value is -0.610. The van der Waals surface area contributed by atoms with Crippen molar-refractivity contribution < 1.29 is 15.0 Å². The third-order valence-electron chi connectivity index (χ3n) is 2.47. The van der Waals surface area contributed by atoms with Gasteiger partial charge in [0.1, 0.15) is 0 Å². The monoisotopic (exact) mass is 215 g/mol. The molecule has 1 saturated heterocycles. The fourth-order valence-electron chi connectivity index (χ4n) is 1.95. The molecule has 2 unspecified atom stereocenters. The summed E-state index contributed by atoms with van der Waals surface area (Å²) in [6, 6.07) is 0. The molecule has 2 N–H and O–H groups in total. The highest BCUT2D eigenvalue weighted by Gasteiger charge is 2.30. The molecule has 0 saturated carbocycles. The summed E-state index contributed by atoms with van der Waals surface area (Å²) in [4.78, 5) is 12.9. The van der Waals surface area contributed by atoms with E-state index < -0.39 is 12.2 Å². The zero-order valence-electron chi connectivity index (χ0n) is 9.73. The first-order valence-electron chi connectivity index (χ1n) is 5.42. The summed E-state index contributed by atoms with van der Waals surface area (Å²) in [5.41, 5.74) is 0.0564. The summed E-state index contributed by atoms with van der Waals surface area (Å²) in [5, 5.41) is 19.0. The number of hydrogen-bond donors (Lipinski definition) is 2. The van der Waals surface area contributed by atoms with Gasteiger partial charge in [0, 0.05) is 13.1 Å². The maximum Gasteiger partial charge on any atom is 0.225 e. The van der Waals surface area contributed by atoms with E-state index in [2.05, 4.69) is 20.8 Å². The average molecular weight is 215 g/mol. The lowest BCUT2D eigenvalue weighted by Gasteiger charge is -2.25. The standard InChI is InChI=1S/C11H21NO3/c1-11(2,3)5-9(14)7-12-6-8(13)4-10(12)15/h8-9,13-14H,4-7H2,1-3H3. The van der Waals surface area contributed by atoms with Gasteiger partial charge in [-0.25, -0.2) is 0 Å². The van der Waals surface area contributed by atoms with Crippen LogP contribution in [0.1, 0.15) is 33.6 Å². The summed E-state index contributed by atoms with van der Waals surface area (Å²) >= 11 is 0. The van der Waals surface area contributed by atoms with Crippen LogP contribution in [0.25, 0.3) is 0 Å². The van der Waals surface area contributed by atoms with Gasteiger partial charge >= 0.3 is 0 Å². The molecule has 1 aliphatic heterocycles. The molecule has 0 radical (unpaired) electrons. The highest BCUT2D eigenvalue weighted by atomic mass is 16.3. The van der Waals surface area contributed by atoms with Gasteiger partial charge in [-0.3, -0.25) is 4.79 Å². The van der Waals surface area contributed by atoms with Gasteiger partial charge in [-0.2, -0.15) is 0 Å². The van der Waals surface area contributed by atoms with Crippen LogP contribution >= 0.6 is 0 Å². The van der Waals surface area contributed by atoms with Gasteiger partial charge in [-0.1, -0.05) is 20.8 Å². The lowest BCUT2D eigenvalue weighted by Crippen LogP contribution is -2.35. The first-order valence-corrected chi connectivity index (χ1v) is 5.42. The summed E-state index contributed by atoms with van der Waals surface area (Å²) in [6.45, 7) is 6.86. The molecule has 4 nitrogen and oxygen atoms in total. The van der Waals surface area contributed by atoms with E-state index in [9.17, 15) is 15.0 Å². The van der Waals surface area contributed by atoms with Crippen LogP contribution in [-0.4, -0.2) is 46.3 Å². The van der Waals surface area contributed by atoms with Crippen molar-refractivity contribution in [1.29, 1.82) is 0 Å². The van der Waals surface area contributed by atoms with Gasteiger partial charge < -0.3 is 15.1 Å². The molecule has 0 spiro atoms. The minimum Gasteiger partial charge on any atom is -0.391 e. The van der Waals surface area contributed by atoms with Crippen molar-refractivity contribution >= 4 is 5.91 Å². The van der Waals surface area contributed by atoms with Gasteiger partial charge in [0.2, 0.25) is 5.91 Å². The Labute approximate surface area is 90.9 Å². The van der Waals surface area contributed by atoms with Crippen molar-refractivity contribution in [3.63, 3.8) is 0 Å².